The van der Waals surface area contributed by atoms with Crippen LogP contribution in [0.1, 0.15) is 6.85 Å². The minimum atomic E-state index is -0.419. The maximum atomic E-state index is 8.53. The first kappa shape index (κ1) is 80.1. The van der Waals surface area contributed by atoms with Crippen LogP contribution in [0.15, 0.2) is 503 Å². The van der Waals surface area contributed by atoms with Gasteiger partial charge >= 0.3 is 0 Å². The van der Waals surface area contributed by atoms with E-state index in [0.717, 1.165) is 139 Å². The van der Waals surface area contributed by atoms with Gasteiger partial charge in [0.25, 0.3) is 0 Å². The highest BCUT2D eigenvalue weighted by Gasteiger charge is 2.27. The number of fused-ring (bicyclic) bond motifs is 25. The summed E-state index contributed by atoms with van der Waals surface area (Å²) in [6, 6.07) is 150. The van der Waals surface area contributed by atoms with Crippen LogP contribution in [0.5, 0.6) is 0 Å². The second kappa shape index (κ2) is 34.7. The van der Waals surface area contributed by atoms with Crippen molar-refractivity contribution < 1.29 is 11.3 Å². The van der Waals surface area contributed by atoms with Crippen molar-refractivity contribution in [2.24, 2.45) is 0 Å². The number of benzene rings is 22. The number of aromatic nitrogens is 12. The standard InChI is InChI=1S/C50H29N3O.C49H30N4.C38H23N5/c1-3-11-32-27-45-42(25-30(32)9-1)43-26-31-10-2-4-12-33(31)28-46(43)53(45)44-22-21-37(36-13-5-6-14-38(36)44)41-20-19-35(49-50(41)52-24-23-51-49)34-17-18-40-39-15-7-8-16-47(39)54-48(40)29-34;1-2-11-31(12-3-1)32-22-24-34(25-23-32)47-48(51-42-20-10-28-50-49(42)52-47)40-19-8-18-39-38(40)17-9-21-43(39)53-44-27-26-33-13-6-7-16-37(33)46(44)41-29-35-14-4-5-15-36(35)30-45(41)53;1-2-10-26-22-34-32(21-25(26)9-1)31-17-16-24-8-3-4-14-30(24)37(31)43(34)29-13-5-11-27(20-29)35-36(28-12-6-18-39-23-28)41-33-15-7-19-40-38(33)42-35/h1-29H;1-30H;1-23H/i;1D,2D,3D,11D,12D;. The van der Waals surface area contributed by atoms with Gasteiger partial charge in [-0.15, -0.1) is 0 Å². The molecule has 0 amide bonds. The monoisotopic (exact) mass is 1920 g/mol. The van der Waals surface area contributed by atoms with Crippen LogP contribution in [0, 0.1) is 0 Å². The Bertz CT molecular complexity index is 11500. The third-order valence-corrected chi connectivity index (χ3v) is 29.8. The maximum absolute atomic E-state index is 8.53. The number of furan rings is 1. The first-order valence-corrected chi connectivity index (χ1v) is 50.1. The topological polar surface area (TPSA) is 144 Å². The van der Waals surface area contributed by atoms with E-state index in [4.69, 9.17) is 41.2 Å². The lowest BCUT2D eigenvalue weighted by molar-refractivity contribution is 0.669. The average Bonchev–Trinajstić information content (AvgIpc) is 1.57. The van der Waals surface area contributed by atoms with Crippen LogP contribution >= 0.6 is 0 Å². The van der Waals surface area contributed by atoms with Crippen LogP contribution in [0.3, 0.4) is 0 Å². The molecule has 10 heterocycles. The third kappa shape index (κ3) is 14.0. The molecule has 0 aliphatic carbocycles. The molecule has 0 aliphatic rings. The summed E-state index contributed by atoms with van der Waals surface area (Å²) in [5, 5.41) is 28.6. The maximum Gasteiger partial charge on any atom is 0.178 e. The summed E-state index contributed by atoms with van der Waals surface area (Å²) in [5.74, 6) is 0. The fourth-order valence-electron chi connectivity index (χ4n) is 23.0. The van der Waals surface area contributed by atoms with Crippen molar-refractivity contribution in [3.8, 4) is 95.5 Å². The fraction of sp³-hybridized carbons (Fsp3) is 0. The Morgan fingerprint density at radius 1 is 0.220 bits per heavy atom. The molecule has 22 aromatic carbocycles. The molecule has 32 aromatic rings. The van der Waals surface area contributed by atoms with Crippen molar-refractivity contribution in [2.75, 3.05) is 0 Å². The number of hydrogen-bond donors (Lipinski definition) is 0. The summed E-state index contributed by atoms with van der Waals surface area (Å²) >= 11 is 0. The van der Waals surface area contributed by atoms with E-state index in [-0.39, 0.29) is 29.7 Å². The predicted molar refractivity (Wildman–Crippen MR) is 620 cm³/mol. The lowest BCUT2D eigenvalue weighted by Crippen LogP contribution is -1.99. The van der Waals surface area contributed by atoms with Gasteiger partial charge in [0.1, 0.15) is 22.2 Å². The molecule has 0 N–H and O–H groups in total. The molecule has 0 saturated carbocycles. The quantitative estimate of drug-likeness (QED) is 0.130. The summed E-state index contributed by atoms with van der Waals surface area (Å²) in [7, 11) is 0. The highest BCUT2D eigenvalue weighted by molar-refractivity contribution is 6.26. The van der Waals surface area contributed by atoms with E-state index in [1.165, 1.54) is 124 Å². The van der Waals surface area contributed by atoms with E-state index in [0.29, 0.717) is 33.8 Å². The summed E-state index contributed by atoms with van der Waals surface area (Å²) in [4.78, 5) is 43.7. The highest BCUT2D eigenvalue weighted by Crippen LogP contribution is 2.49. The number of para-hydroxylation sites is 1. The molecule has 0 bridgehead atoms. The molecule has 0 radical (unpaired) electrons. The second-order valence-corrected chi connectivity index (χ2v) is 38.2. The molecule has 13 nitrogen and oxygen atoms in total. The normalized spacial score (nSPS) is 12.3. The van der Waals surface area contributed by atoms with E-state index in [9.17, 15) is 0 Å². The molecule has 0 atom stereocenters. The Balaban J connectivity index is 0.000000107. The van der Waals surface area contributed by atoms with Crippen molar-refractivity contribution in [1.29, 1.82) is 0 Å². The first-order valence-electron chi connectivity index (χ1n) is 52.6. The summed E-state index contributed by atoms with van der Waals surface area (Å²) in [5.41, 5.74) is 27.5. The van der Waals surface area contributed by atoms with Crippen LogP contribution in [0.25, 0.3) is 302 Å². The summed E-state index contributed by atoms with van der Waals surface area (Å²) in [6.07, 6.45) is 10.6. The minimum absolute atomic E-state index is 0.150. The van der Waals surface area contributed by atoms with Gasteiger partial charge in [-0.1, -0.05) is 327 Å². The molecule has 0 fully saturated rings. The zero-order valence-corrected chi connectivity index (χ0v) is 80.2. The van der Waals surface area contributed by atoms with Gasteiger partial charge in [0, 0.05) is 135 Å². The van der Waals surface area contributed by atoms with Gasteiger partial charge < -0.3 is 18.1 Å². The Morgan fingerprint density at radius 3 is 1.35 bits per heavy atom. The molecule has 13 heteroatoms. The summed E-state index contributed by atoms with van der Waals surface area (Å²) in [6.45, 7) is 0. The Hall–Kier alpha value is -20.4. The lowest BCUT2D eigenvalue weighted by Gasteiger charge is -2.16. The number of nitrogens with zero attached hydrogens (tertiary/aromatic N) is 12. The molecule has 0 saturated heterocycles. The Labute approximate surface area is 864 Å². The molecule has 32 rings (SSSR count). The Morgan fingerprint density at radius 2 is 0.680 bits per heavy atom. The van der Waals surface area contributed by atoms with E-state index in [1.807, 2.05) is 66.9 Å². The van der Waals surface area contributed by atoms with Crippen molar-refractivity contribution in [1.82, 2.24) is 58.6 Å². The van der Waals surface area contributed by atoms with Gasteiger partial charge in [0.2, 0.25) is 0 Å². The van der Waals surface area contributed by atoms with Gasteiger partial charge in [-0.25, -0.2) is 29.9 Å². The van der Waals surface area contributed by atoms with Gasteiger partial charge in [-0.05, 0) is 226 Å². The van der Waals surface area contributed by atoms with Crippen LogP contribution in [-0.2, 0) is 0 Å². The van der Waals surface area contributed by atoms with E-state index in [1.54, 1.807) is 43.1 Å². The number of hydrogen-bond acceptors (Lipinski definition) is 10. The summed E-state index contributed by atoms with van der Waals surface area (Å²) < 4.78 is 55.0. The van der Waals surface area contributed by atoms with Crippen LogP contribution in [0.2, 0.25) is 0 Å². The lowest BCUT2D eigenvalue weighted by atomic mass is 9.93. The molecule has 0 aliphatic heterocycles. The third-order valence-electron chi connectivity index (χ3n) is 29.8. The molecule has 0 spiro atoms. The van der Waals surface area contributed by atoms with E-state index >= 15 is 0 Å². The van der Waals surface area contributed by atoms with Crippen molar-refractivity contribution >= 4 is 207 Å². The average molecular weight is 1920 g/mol. The predicted octanol–water partition coefficient (Wildman–Crippen LogP) is 35.2. The van der Waals surface area contributed by atoms with E-state index < -0.39 is 6.04 Å². The largest absolute Gasteiger partial charge is 0.456 e. The van der Waals surface area contributed by atoms with Crippen molar-refractivity contribution in [3.63, 3.8) is 0 Å². The first-order chi connectivity index (χ1) is 76.4. The molecular weight excluding hydrogens is 1830 g/mol. The molecule has 10 aromatic heterocycles. The minimum Gasteiger partial charge on any atom is -0.456 e. The zero-order chi connectivity index (χ0) is 103. The number of pyridine rings is 3. The highest BCUT2D eigenvalue weighted by atomic mass is 16.3. The number of rotatable bonds is 10. The van der Waals surface area contributed by atoms with Crippen molar-refractivity contribution in [3.05, 3.63) is 498 Å². The van der Waals surface area contributed by atoms with E-state index in [2.05, 4.69) is 387 Å². The SMILES string of the molecule is [2H]c1c([2H])c([2H])c(-c2ccc(-c3nc4ncccc4nc3-c3cccc4c(-n5c6cc7ccccc7cc6c6c7ccccc7ccc65)cccc34)cc2)c([2H])c1[2H].c1ccc2cc3c(cc2c1)c1cc2ccccc2cc1n3-c1ccc(-c2ccc(-c3ccc4c(c3)oc3ccccc34)c3nccnc23)c2ccccc12.c1cncc(-c2nc3cccnc3nc2-c2cccc(-n3c4cc5ccccc5cc4c4ccc5ccccc5c43)c2)c1. The van der Waals surface area contributed by atoms with Gasteiger partial charge in [-0.2, -0.15) is 0 Å². The smallest absolute Gasteiger partial charge is 0.178 e. The van der Waals surface area contributed by atoms with Gasteiger partial charge in [0.05, 0.1) is 85.1 Å². The van der Waals surface area contributed by atoms with Crippen LogP contribution in [-0.4, -0.2) is 58.6 Å². The molecule has 150 heavy (non-hydrogen) atoms. The van der Waals surface area contributed by atoms with Crippen LogP contribution in [0.4, 0.5) is 0 Å². The molecule has 696 valence electrons. The molecule has 0 unspecified atom stereocenters. The van der Waals surface area contributed by atoms with Gasteiger partial charge in [0.15, 0.2) is 11.3 Å². The van der Waals surface area contributed by atoms with Crippen molar-refractivity contribution in [2.45, 2.75) is 0 Å². The zero-order valence-electron chi connectivity index (χ0n) is 85.2. The second-order valence-electron chi connectivity index (χ2n) is 38.2. The molecular formula is C137H82N12O. The fourth-order valence-corrected chi connectivity index (χ4v) is 23.0. The Kier molecular flexibility index (Phi) is 18.5. The van der Waals surface area contributed by atoms with Crippen LogP contribution < -0.4 is 0 Å². The van der Waals surface area contributed by atoms with Gasteiger partial charge in [-0.3, -0.25) is 15.0 Å².